The highest BCUT2D eigenvalue weighted by Crippen LogP contribution is 2.24. The molecular formula is C18H31N3. The average molecular weight is 289 g/mol. The summed E-state index contributed by atoms with van der Waals surface area (Å²) in [7, 11) is 0. The molecule has 1 aromatic rings. The molecule has 1 aliphatic heterocycles. The van der Waals surface area contributed by atoms with Crippen molar-refractivity contribution in [2.75, 3.05) is 13.1 Å². The van der Waals surface area contributed by atoms with Crippen molar-refractivity contribution in [1.29, 1.82) is 0 Å². The summed E-state index contributed by atoms with van der Waals surface area (Å²) in [5, 5.41) is 3.50. The molecule has 0 saturated carbocycles. The van der Waals surface area contributed by atoms with E-state index in [2.05, 4.69) is 63.0 Å². The van der Waals surface area contributed by atoms with E-state index in [1.165, 1.54) is 25.2 Å². The van der Waals surface area contributed by atoms with Crippen molar-refractivity contribution in [2.24, 2.45) is 11.8 Å². The summed E-state index contributed by atoms with van der Waals surface area (Å²) in [4.78, 5) is 7.35. The van der Waals surface area contributed by atoms with Crippen molar-refractivity contribution in [2.45, 2.75) is 59.7 Å². The summed E-state index contributed by atoms with van der Waals surface area (Å²) in [5.74, 6) is 1.65. The molecule has 118 valence electrons. The summed E-state index contributed by atoms with van der Waals surface area (Å²) >= 11 is 0. The van der Waals surface area contributed by atoms with Crippen molar-refractivity contribution < 1.29 is 0 Å². The minimum Gasteiger partial charge on any atom is -0.306 e. The quantitative estimate of drug-likeness (QED) is 0.900. The molecule has 1 saturated heterocycles. The maximum atomic E-state index is 4.81. The molecule has 1 fully saturated rings. The van der Waals surface area contributed by atoms with Crippen LogP contribution in [0.25, 0.3) is 0 Å². The van der Waals surface area contributed by atoms with E-state index in [0.717, 1.165) is 30.6 Å². The standard InChI is InChI=1S/C18H31N3/c1-14(2)15-9-10-21(12-15)13-17-8-6-7-16(20-17)11-19-18(3,4)5/h6-8,14-15,19H,9-13H2,1-5H3. The molecule has 1 aromatic heterocycles. The van der Waals surface area contributed by atoms with Gasteiger partial charge in [-0.2, -0.15) is 0 Å². The molecule has 0 spiro atoms. The second-order valence-corrected chi connectivity index (χ2v) is 7.75. The fraction of sp³-hybridized carbons (Fsp3) is 0.722. The number of likely N-dealkylation sites (tertiary alicyclic amines) is 1. The van der Waals surface area contributed by atoms with Gasteiger partial charge >= 0.3 is 0 Å². The Bertz CT molecular complexity index is 448. The van der Waals surface area contributed by atoms with Crippen LogP contribution in [0.5, 0.6) is 0 Å². The molecule has 0 radical (unpaired) electrons. The first-order valence-corrected chi connectivity index (χ1v) is 8.26. The second kappa shape index (κ2) is 6.89. The summed E-state index contributed by atoms with van der Waals surface area (Å²) in [6, 6.07) is 6.41. The Balaban J connectivity index is 1.89. The molecule has 0 aromatic carbocycles. The van der Waals surface area contributed by atoms with Gasteiger partial charge in [0.1, 0.15) is 0 Å². The third-order valence-electron chi connectivity index (χ3n) is 4.30. The minimum absolute atomic E-state index is 0.136. The Labute approximate surface area is 130 Å². The maximum absolute atomic E-state index is 4.81. The molecule has 0 amide bonds. The lowest BCUT2D eigenvalue weighted by Gasteiger charge is -2.21. The summed E-state index contributed by atoms with van der Waals surface area (Å²) < 4.78 is 0. The fourth-order valence-corrected chi connectivity index (χ4v) is 2.85. The van der Waals surface area contributed by atoms with Crippen molar-refractivity contribution in [3.05, 3.63) is 29.6 Å². The average Bonchev–Trinajstić information content (AvgIpc) is 2.85. The van der Waals surface area contributed by atoms with E-state index in [-0.39, 0.29) is 5.54 Å². The Morgan fingerprint density at radius 3 is 2.62 bits per heavy atom. The van der Waals surface area contributed by atoms with E-state index in [1.54, 1.807) is 0 Å². The number of rotatable bonds is 5. The van der Waals surface area contributed by atoms with Gasteiger partial charge in [0.2, 0.25) is 0 Å². The number of nitrogens with zero attached hydrogens (tertiary/aromatic N) is 2. The molecule has 1 aliphatic rings. The first-order valence-electron chi connectivity index (χ1n) is 8.26. The van der Waals surface area contributed by atoms with Gasteiger partial charge in [0.15, 0.2) is 0 Å². The van der Waals surface area contributed by atoms with Crippen LogP contribution in [-0.2, 0) is 13.1 Å². The third kappa shape index (κ3) is 5.40. The van der Waals surface area contributed by atoms with Crippen LogP contribution in [0, 0.1) is 11.8 Å². The van der Waals surface area contributed by atoms with Gasteiger partial charge in [-0.1, -0.05) is 19.9 Å². The number of pyridine rings is 1. The predicted octanol–water partition coefficient (Wildman–Crippen LogP) is 3.45. The van der Waals surface area contributed by atoms with Gasteiger partial charge in [0.05, 0.1) is 11.4 Å². The second-order valence-electron chi connectivity index (χ2n) is 7.75. The zero-order valence-electron chi connectivity index (χ0n) is 14.3. The predicted molar refractivity (Wildman–Crippen MR) is 89.1 cm³/mol. The highest BCUT2D eigenvalue weighted by atomic mass is 15.2. The van der Waals surface area contributed by atoms with Crippen LogP contribution in [-0.4, -0.2) is 28.5 Å². The zero-order chi connectivity index (χ0) is 15.5. The number of hydrogen-bond donors (Lipinski definition) is 1. The lowest BCUT2D eigenvalue weighted by Crippen LogP contribution is -2.35. The Morgan fingerprint density at radius 1 is 1.29 bits per heavy atom. The van der Waals surface area contributed by atoms with Gasteiger partial charge in [-0.05, 0) is 57.7 Å². The molecule has 1 N–H and O–H groups in total. The van der Waals surface area contributed by atoms with E-state index >= 15 is 0 Å². The molecule has 2 heterocycles. The Hall–Kier alpha value is -0.930. The normalized spacial score (nSPS) is 20.4. The SMILES string of the molecule is CC(C)C1CCN(Cc2cccc(CNC(C)(C)C)n2)C1. The topological polar surface area (TPSA) is 28.2 Å². The molecule has 3 nitrogen and oxygen atoms in total. The van der Waals surface area contributed by atoms with E-state index in [0.29, 0.717) is 0 Å². The van der Waals surface area contributed by atoms with Crippen LogP contribution in [0.4, 0.5) is 0 Å². The molecule has 1 atom stereocenters. The summed E-state index contributed by atoms with van der Waals surface area (Å²) in [6.07, 6.45) is 1.34. The molecule has 2 rings (SSSR count). The molecular weight excluding hydrogens is 258 g/mol. The molecule has 3 heteroatoms. The summed E-state index contributed by atoms with van der Waals surface area (Å²) in [6.45, 7) is 15.5. The highest BCUT2D eigenvalue weighted by Gasteiger charge is 2.24. The Kier molecular flexibility index (Phi) is 5.39. The number of aromatic nitrogens is 1. The van der Waals surface area contributed by atoms with E-state index in [4.69, 9.17) is 4.98 Å². The van der Waals surface area contributed by atoms with Gasteiger partial charge in [0, 0.05) is 25.2 Å². The van der Waals surface area contributed by atoms with Crippen LogP contribution in [0.2, 0.25) is 0 Å². The number of nitrogens with one attached hydrogen (secondary N) is 1. The van der Waals surface area contributed by atoms with Gasteiger partial charge in [-0.25, -0.2) is 0 Å². The smallest absolute Gasteiger partial charge is 0.0547 e. The lowest BCUT2D eigenvalue weighted by atomic mass is 9.95. The monoisotopic (exact) mass is 289 g/mol. The lowest BCUT2D eigenvalue weighted by molar-refractivity contribution is 0.293. The molecule has 0 bridgehead atoms. The van der Waals surface area contributed by atoms with Crippen molar-refractivity contribution in [3.8, 4) is 0 Å². The largest absolute Gasteiger partial charge is 0.306 e. The number of hydrogen-bond acceptors (Lipinski definition) is 3. The van der Waals surface area contributed by atoms with Crippen molar-refractivity contribution in [3.63, 3.8) is 0 Å². The third-order valence-corrected chi connectivity index (χ3v) is 4.30. The van der Waals surface area contributed by atoms with Crippen molar-refractivity contribution >= 4 is 0 Å². The van der Waals surface area contributed by atoms with Gasteiger partial charge < -0.3 is 5.32 Å². The van der Waals surface area contributed by atoms with Crippen LogP contribution < -0.4 is 5.32 Å². The molecule has 0 aliphatic carbocycles. The van der Waals surface area contributed by atoms with E-state index in [1.807, 2.05) is 0 Å². The Morgan fingerprint density at radius 2 is 2.00 bits per heavy atom. The van der Waals surface area contributed by atoms with Crippen molar-refractivity contribution in [1.82, 2.24) is 15.2 Å². The van der Waals surface area contributed by atoms with Gasteiger partial charge in [-0.3, -0.25) is 9.88 Å². The maximum Gasteiger partial charge on any atom is 0.0547 e. The highest BCUT2D eigenvalue weighted by molar-refractivity contribution is 5.11. The van der Waals surface area contributed by atoms with E-state index < -0.39 is 0 Å². The fourth-order valence-electron chi connectivity index (χ4n) is 2.85. The summed E-state index contributed by atoms with van der Waals surface area (Å²) in [5.41, 5.74) is 2.48. The minimum atomic E-state index is 0.136. The molecule has 1 unspecified atom stereocenters. The van der Waals surface area contributed by atoms with Crippen LogP contribution in [0.1, 0.15) is 52.4 Å². The molecule has 21 heavy (non-hydrogen) atoms. The van der Waals surface area contributed by atoms with Gasteiger partial charge in [-0.15, -0.1) is 0 Å². The van der Waals surface area contributed by atoms with Crippen LogP contribution >= 0.6 is 0 Å². The van der Waals surface area contributed by atoms with Crippen LogP contribution in [0.15, 0.2) is 18.2 Å². The zero-order valence-corrected chi connectivity index (χ0v) is 14.3. The first kappa shape index (κ1) is 16.4. The van der Waals surface area contributed by atoms with E-state index in [9.17, 15) is 0 Å². The van der Waals surface area contributed by atoms with Gasteiger partial charge in [0.25, 0.3) is 0 Å². The van der Waals surface area contributed by atoms with Crippen LogP contribution in [0.3, 0.4) is 0 Å². The first-order chi connectivity index (χ1) is 9.83.